The Morgan fingerprint density at radius 1 is 1.22 bits per heavy atom. The number of carbonyl (C=O) groups is 1. The first kappa shape index (κ1) is 19.5. The third kappa shape index (κ3) is 5.39. The lowest BCUT2D eigenvalue weighted by Gasteiger charge is -2.35. The zero-order valence-corrected chi connectivity index (χ0v) is 16.1. The molecule has 27 heavy (non-hydrogen) atoms. The lowest BCUT2D eigenvalue weighted by molar-refractivity contribution is 0.0888. The zero-order chi connectivity index (χ0) is 19.2. The van der Waals surface area contributed by atoms with E-state index in [9.17, 15) is 9.18 Å². The summed E-state index contributed by atoms with van der Waals surface area (Å²) in [6, 6.07) is 8.29. The van der Waals surface area contributed by atoms with Crippen molar-refractivity contribution in [2.24, 2.45) is 5.92 Å². The molecule has 0 radical (unpaired) electrons. The van der Waals surface area contributed by atoms with Gasteiger partial charge in [-0.25, -0.2) is 4.39 Å². The highest BCUT2D eigenvalue weighted by Gasteiger charge is 2.24. The highest BCUT2D eigenvalue weighted by Crippen LogP contribution is 2.24. The molecule has 0 unspecified atom stereocenters. The molecule has 1 aliphatic heterocycles. The van der Waals surface area contributed by atoms with Gasteiger partial charge in [-0.05, 0) is 56.0 Å². The van der Waals surface area contributed by atoms with Gasteiger partial charge in [-0.3, -0.25) is 9.69 Å². The molecule has 2 aromatic rings. The van der Waals surface area contributed by atoms with Gasteiger partial charge in [0, 0.05) is 12.6 Å². The molecule has 0 spiro atoms. The van der Waals surface area contributed by atoms with Crippen LogP contribution < -0.4 is 5.32 Å². The van der Waals surface area contributed by atoms with E-state index in [1.807, 2.05) is 0 Å². The van der Waals surface area contributed by atoms with Crippen LogP contribution >= 0.6 is 0 Å². The summed E-state index contributed by atoms with van der Waals surface area (Å²) in [6.45, 7) is 6.61. The summed E-state index contributed by atoms with van der Waals surface area (Å²) in [5.41, 5.74) is 1.80. The molecule has 5 nitrogen and oxygen atoms in total. The van der Waals surface area contributed by atoms with Crippen molar-refractivity contribution in [2.45, 2.75) is 45.6 Å². The molecule has 1 N–H and O–H groups in total. The van der Waals surface area contributed by atoms with E-state index in [-0.39, 0.29) is 23.5 Å². The molecule has 146 valence electrons. The largest absolute Gasteiger partial charge is 0.351 e. The average molecular weight is 373 g/mol. The maximum absolute atomic E-state index is 13.3. The second kappa shape index (κ2) is 9.13. The highest BCUT2D eigenvalue weighted by atomic mass is 19.1. The molecule has 1 saturated heterocycles. The first-order valence-electron chi connectivity index (χ1n) is 9.76. The Hall–Kier alpha value is -2.21. The molecule has 1 aliphatic rings. The molecule has 1 aromatic carbocycles. The molecule has 1 amide bonds. The number of piperidine rings is 1. The van der Waals surface area contributed by atoms with Gasteiger partial charge in [0.15, 0.2) is 0 Å². The number of carbonyl (C=O) groups excluding carboxylic acids is 1. The molecule has 1 fully saturated rings. The first-order valence-corrected chi connectivity index (χ1v) is 9.76. The van der Waals surface area contributed by atoms with Gasteiger partial charge in [-0.1, -0.05) is 37.6 Å². The second-order valence-corrected chi connectivity index (χ2v) is 7.65. The van der Waals surface area contributed by atoms with Gasteiger partial charge in [0.05, 0.1) is 11.7 Å². The van der Waals surface area contributed by atoms with Crippen LogP contribution in [0.3, 0.4) is 0 Å². The number of nitrogens with zero attached hydrogens (tertiary/aromatic N) is 2. The summed E-state index contributed by atoms with van der Waals surface area (Å²) < 4.78 is 18.5. The van der Waals surface area contributed by atoms with Crippen LogP contribution in [-0.4, -0.2) is 35.6 Å². The molecule has 0 saturated carbocycles. The first-order chi connectivity index (χ1) is 13.0. The van der Waals surface area contributed by atoms with E-state index in [4.69, 9.17) is 4.52 Å². The lowest BCUT2D eigenvalue weighted by Crippen LogP contribution is -2.40. The molecule has 1 aromatic heterocycles. The second-order valence-electron chi connectivity index (χ2n) is 7.65. The minimum Gasteiger partial charge on any atom is -0.351 e. The Morgan fingerprint density at radius 2 is 1.93 bits per heavy atom. The number of rotatable bonds is 7. The standard InChI is InChI=1S/C21H28FN3O2/c1-15(2)12-18-13-20(27-24-18)21(26)23-14-19(25-10-4-3-5-11-25)16-6-8-17(22)9-7-16/h6-9,13,15,19H,3-5,10-12,14H2,1-2H3,(H,23,26)/t19-/m1/s1. The van der Waals surface area contributed by atoms with Gasteiger partial charge in [-0.15, -0.1) is 0 Å². The topological polar surface area (TPSA) is 58.4 Å². The number of halogens is 1. The Balaban J connectivity index is 1.67. The maximum atomic E-state index is 13.3. The maximum Gasteiger partial charge on any atom is 0.289 e. The normalized spacial score (nSPS) is 16.4. The molecule has 1 atom stereocenters. The summed E-state index contributed by atoms with van der Waals surface area (Å²) in [4.78, 5) is 14.9. The summed E-state index contributed by atoms with van der Waals surface area (Å²) in [6.07, 6.45) is 4.30. The highest BCUT2D eigenvalue weighted by molar-refractivity contribution is 5.91. The molecular formula is C21H28FN3O2. The van der Waals surface area contributed by atoms with E-state index in [2.05, 4.69) is 29.2 Å². The molecule has 3 rings (SSSR count). The third-order valence-corrected chi connectivity index (χ3v) is 4.94. The number of nitrogens with one attached hydrogen (secondary N) is 1. The van der Waals surface area contributed by atoms with Crippen LogP contribution in [0.5, 0.6) is 0 Å². The SMILES string of the molecule is CC(C)Cc1cc(C(=O)NC[C@H](c2ccc(F)cc2)N2CCCCC2)on1. The zero-order valence-electron chi connectivity index (χ0n) is 16.1. The van der Waals surface area contributed by atoms with Crippen LogP contribution in [0.2, 0.25) is 0 Å². The van der Waals surface area contributed by atoms with Crippen molar-refractivity contribution in [1.29, 1.82) is 0 Å². The van der Waals surface area contributed by atoms with Gasteiger partial charge in [0.2, 0.25) is 5.76 Å². The molecular weight excluding hydrogens is 345 g/mol. The van der Waals surface area contributed by atoms with Crippen molar-refractivity contribution in [3.63, 3.8) is 0 Å². The smallest absolute Gasteiger partial charge is 0.289 e. The van der Waals surface area contributed by atoms with Crippen LogP contribution in [0.25, 0.3) is 0 Å². The van der Waals surface area contributed by atoms with Gasteiger partial charge < -0.3 is 9.84 Å². The third-order valence-electron chi connectivity index (χ3n) is 4.94. The average Bonchev–Trinajstić information content (AvgIpc) is 3.12. The van der Waals surface area contributed by atoms with Crippen molar-refractivity contribution in [3.8, 4) is 0 Å². The van der Waals surface area contributed by atoms with E-state index in [0.717, 1.165) is 43.6 Å². The molecule has 2 heterocycles. The van der Waals surface area contributed by atoms with Crippen molar-refractivity contribution in [1.82, 2.24) is 15.4 Å². The predicted octanol–water partition coefficient (Wildman–Crippen LogP) is 3.97. The van der Waals surface area contributed by atoms with Crippen LogP contribution in [-0.2, 0) is 6.42 Å². The Morgan fingerprint density at radius 3 is 2.59 bits per heavy atom. The van der Waals surface area contributed by atoms with E-state index in [1.54, 1.807) is 18.2 Å². The molecule has 6 heteroatoms. The van der Waals surface area contributed by atoms with Crippen molar-refractivity contribution in [3.05, 3.63) is 53.2 Å². The predicted molar refractivity (Wildman–Crippen MR) is 102 cm³/mol. The Kier molecular flexibility index (Phi) is 6.61. The summed E-state index contributed by atoms with van der Waals surface area (Å²) in [5, 5.41) is 6.94. The lowest BCUT2D eigenvalue weighted by atomic mass is 10.0. The van der Waals surface area contributed by atoms with Crippen LogP contribution in [0, 0.1) is 11.7 Å². The minimum atomic E-state index is -0.262. The van der Waals surface area contributed by atoms with Crippen LogP contribution in [0.1, 0.15) is 61.0 Å². The van der Waals surface area contributed by atoms with Crippen molar-refractivity contribution < 1.29 is 13.7 Å². The fourth-order valence-electron chi connectivity index (χ4n) is 3.58. The van der Waals surface area contributed by atoms with Gasteiger partial charge >= 0.3 is 0 Å². The fourth-order valence-corrected chi connectivity index (χ4v) is 3.58. The van der Waals surface area contributed by atoms with E-state index >= 15 is 0 Å². The fraction of sp³-hybridized carbons (Fsp3) is 0.524. The van der Waals surface area contributed by atoms with Gasteiger partial charge in [0.1, 0.15) is 5.82 Å². The Bertz CT molecular complexity index is 736. The van der Waals surface area contributed by atoms with E-state index in [1.165, 1.54) is 18.6 Å². The quantitative estimate of drug-likeness (QED) is 0.798. The van der Waals surface area contributed by atoms with Gasteiger partial charge in [0.25, 0.3) is 5.91 Å². The van der Waals surface area contributed by atoms with Crippen LogP contribution in [0.15, 0.2) is 34.9 Å². The number of benzene rings is 1. The van der Waals surface area contributed by atoms with Crippen molar-refractivity contribution >= 4 is 5.91 Å². The van der Waals surface area contributed by atoms with Crippen LogP contribution in [0.4, 0.5) is 4.39 Å². The molecule has 0 bridgehead atoms. The van der Waals surface area contributed by atoms with E-state index < -0.39 is 0 Å². The van der Waals surface area contributed by atoms with E-state index in [0.29, 0.717) is 12.5 Å². The minimum absolute atomic E-state index is 0.0212. The monoisotopic (exact) mass is 373 g/mol. The number of hydrogen-bond acceptors (Lipinski definition) is 4. The van der Waals surface area contributed by atoms with Crippen molar-refractivity contribution in [2.75, 3.05) is 19.6 Å². The summed E-state index contributed by atoms with van der Waals surface area (Å²) in [5.74, 6) is 0.177. The summed E-state index contributed by atoms with van der Waals surface area (Å²) >= 11 is 0. The summed E-state index contributed by atoms with van der Waals surface area (Å²) in [7, 11) is 0. The number of aromatic nitrogens is 1. The van der Waals surface area contributed by atoms with Gasteiger partial charge in [-0.2, -0.15) is 0 Å². The molecule has 0 aliphatic carbocycles. The number of hydrogen-bond donors (Lipinski definition) is 1. The number of amides is 1. The Labute approximate surface area is 159 Å². The number of likely N-dealkylation sites (tertiary alicyclic amines) is 1.